The third kappa shape index (κ3) is 2.33. The van der Waals surface area contributed by atoms with Crippen molar-refractivity contribution >= 4 is 11.6 Å². The van der Waals surface area contributed by atoms with Gasteiger partial charge in [-0.05, 0) is 19.4 Å². The van der Waals surface area contributed by atoms with Gasteiger partial charge in [-0.25, -0.2) is 0 Å². The summed E-state index contributed by atoms with van der Waals surface area (Å²) >= 11 is 0. The van der Waals surface area contributed by atoms with Crippen LogP contribution in [0.15, 0.2) is 42.5 Å². The molecule has 0 radical (unpaired) electrons. The molecular formula is C16H16N2O4. The van der Waals surface area contributed by atoms with Gasteiger partial charge >= 0.3 is 0 Å². The summed E-state index contributed by atoms with van der Waals surface area (Å²) in [5, 5.41) is 22.1. The number of nitrogens with zero attached hydrogens (tertiary/aromatic N) is 1. The number of hydrogen-bond donors (Lipinski definition) is 2. The van der Waals surface area contributed by atoms with Crippen LogP contribution in [0.1, 0.15) is 22.3 Å². The van der Waals surface area contributed by atoms with E-state index in [1.165, 1.54) is 19.1 Å². The normalized spacial score (nSPS) is 13.4. The predicted molar refractivity (Wildman–Crippen MR) is 81.2 cm³/mol. The Balaban J connectivity index is 2.79. The molecule has 0 saturated heterocycles. The molecule has 6 nitrogen and oxygen atoms in total. The molecule has 2 rings (SSSR count). The topological polar surface area (TPSA) is 106 Å². The van der Waals surface area contributed by atoms with E-state index in [9.17, 15) is 20.0 Å². The number of nitro groups is 1. The number of nitro benzene ring substituents is 1. The summed E-state index contributed by atoms with van der Waals surface area (Å²) in [5.41, 5.74) is 4.21. The lowest BCUT2D eigenvalue weighted by Crippen LogP contribution is -2.42. The van der Waals surface area contributed by atoms with Gasteiger partial charge in [-0.1, -0.05) is 42.5 Å². The highest BCUT2D eigenvalue weighted by molar-refractivity contribution is 5.89. The number of carbonyl (C=O) groups excluding carboxylic acids is 1. The molecule has 0 heterocycles. The summed E-state index contributed by atoms with van der Waals surface area (Å²) < 4.78 is 0. The van der Waals surface area contributed by atoms with E-state index in [1.54, 1.807) is 37.3 Å². The molecule has 0 fully saturated rings. The van der Waals surface area contributed by atoms with Gasteiger partial charge in [-0.15, -0.1) is 0 Å². The van der Waals surface area contributed by atoms with E-state index in [-0.39, 0.29) is 22.4 Å². The van der Waals surface area contributed by atoms with E-state index in [4.69, 9.17) is 5.73 Å². The van der Waals surface area contributed by atoms with Crippen LogP contribution in [0, 0.1) is 24.0 Å². The Hall–Kier alpha value is -2.73. The van der Waals surface area contributed by atoms with Gasteiger partial charge in [0.1, 0.15) is 0 Å². The molecule has 2 aromatic carbocycles. The highest BCUT2D eigenvalue weighted by Gasteiger charge is 2.41. The summed E-state index contributed by atoms with van der Waals surface area (Å²) in [6, 6.07) is 11.1. The smallest absolute Gasteiger partial charge is 0.275 e. The monoisotopic (exact) mass is 300 g/mol. The molecule has 22 heavy (non-hydrogen) atoms. The standard InChI is InChI=1S/C16H16N2O4/c1-10-8-9-13(11(2)14(10)18(21)22)16(20,15(17)19)12-6-4-3-5-7-12/h3-9,20H,1-2H3,(H2,17,19). The zero-order chi connectivity index (χ0) is 16.5. The zero-order valence-corrected chi connectivity index (χ0v) is 12.2. The van der Waals surface area contributed by atoms with Crippen molar-refractivity contribution < 1.29 is 14.8 Å². The van der Waals surface area contributed by atoms with Crippen molar-refractivity contribution in [3.8, 4) is 0 Å². The van der Waals surface area contributed by atoms with Crippen molar-refractivity contribution in [3.05, 3.63) is 74.8 Å². The minimum absolute atomic E-state index is 0.114. The highest BCUT2D eigenvalue weighted by Crippen LogP contribution is 2.36. The summed E-state index contributed by atoms with van der Waals surface area (Å²) in [6.07, 6.45) is 0. The molecule has 0 aliphatic rings. The maximum absolute atomic E-state index is 11.9. The van der Waals surface area contributed by atoms with Crippen molar-refractivity contribution in [2.45, 2.75) is 19.4 Å². The minimum Gasteiger partial charge on any atom is -0.372 e. The molecule has 0 aliphatic heterocycles. The largest absolute Gasteiger partial charge is 0.372 e. The number of amides is 1. The third-order valence-corrected chi connectivity index (χ3v) is 3.75. The molecule has 6 heteroatoms. The number of primary amides is 1. The van der Waals surface area contributed by atoms with Crippen molar-refractivity contribution in [2.24, 2.45) is 5.73 Å². The van der Waals surface area contributed by atoms with Crippen molar-refractivity contribution in [3.63, 3.8) is 0 Å². The Kier molecular flexibility index (Phi) is 3.97. The predicted octanol–water partition coefficient (Wildman–Crippen LogP) is 1.93. The fourth-order valence-electron chi connectivity index (χ4n) is 2.62. The maximum Gasteiger partial charge on any atom is 0.275 e. The Morgan fingerprint density at radius 2 is 1.77 bits per heavy atom. The molecule has 2 aromatic rings. The maximum atomic E-state index is 11.9. The number of hydrogen-bond acceptors (Lipinski definition) is 4. The van der Waals surface area contributed by atoms with Gasteiger partial charge in [-0.3, -0.25) is 14.9 Å². The number of aliphatic hydroxyl groups is 1. The highest BCUT2D eigenvalue weighted by atomic mass is 16.6. The molecule has 0 bridgehead atoms. The number of rotatable bonds is 4. The summed E-state index contributed by atoms with van der Waals surface area (Å²) in [4.78, 5) is 22.7. The molecule has 1 atom stereocenters. The van der Waals surface area contributed by atoms with Crippen LogP contribution in [0.2, 0.25) is 0 Å². The lowest BCUT2D eigenvalue weighted by molar-refractivity contribution is -0.386. The lowest BCUT2D eigenvalue weighted by atomic mass is 9.82. The number of aryl methyl sites for hydroxylation is 1. The molecule has 3 N–H and O–H groups in total. The van der Waals surface area contributed by atoms with Crippen LogP contribution in [0.4, 0.5) is 5.69 Å². The second-order valence-corrected chi connectivity index (χ2v) is 5.10. The molecule has 0 saturated carbocycles. The fourth-order valence-corrected chi connectivity index (χ4v) is 2.62. The first kappa shape index (κ1) is 15.7. The van der Waals surface area contributed by atoms with Gasteiger partial charge < -0.3 is 10.8 Å². The van der Waals surface area contributed by atoms with E-state index in [0.717, 1.165) is 0 Å². The summed E-state index contributed by atoms with van der Waals surface area (Å²) in [5.74, 6) is -0.986. The van der Waals surface area contributed by atoms with Gasteiger partial charge in [0.05, 0.1) is 4.92 Å². The van der Waals surface area contributed by atoms with E-state index in [0.29, 0.717) is 5.56 Å². The Labute approximate surface area is 127 Å². The van der Waals surface area contributed by atoms with E-state index in [2.05, 4.69) is 0 Å². The molecular weight excluding hydrogens is 284 g/mol. The first-order valence-corrected chi connectivity index (χ1v) is 6.63. The lowest BCUT2D eigenvalue weighted by Gasteiger charge is -2.27. The average Bonchev–Trinajstić information content (AvgIpc) is 2.47. The fraction of sp³-hybridized carbons (Fsp3) is 0.188. The average molecular weight is 300 g/mol. The first-order chi connectivity index (χ1) is 10.3. The van der Waals surface area contributed by atoms with Crippen LogP contribution in [0.25, 0.3) is 0 Å². The van der Waals surface area contributed by atoms with Gasteiger partial charge in [0.2, 0.25) is 0 Å². The number of nitrogens with two attached hydrogens (primary N) is 1. The number of carbonyl (C=O) groups is 1. The first-order valence-electron chi connectivity index (χ1n) is 6.63. The van der Waals surface area contributed by atoms with Gasteiger partial charge in [0.25, 0.3) is 11.6 Å². The molecule has 1 unspecified atom stereocenters. The van der Waals surface area contributed by atoms with E-state index in [1.807, 2.05) is 0 Å². The van der Waals surface area contributed by atoms with Crippen molar-refractivity contribution in [2.75, 3.05) is 0 Å². The zero-order valence-electron chi connectivity index (χ0n) is 12.2. The molecule has 1 amide bonds. The summed E-state index contributed by atoms with van der Waals surface area (Å²) in [7, 11) is 0. The van der Waals surface area contributed by atoms with E-state index < -0.39 is 16.4 Å². The van der Waals surface area contributed by atoms with Crippen LogP contribution in [-0.4, -0.2) is 15.9 Å². The second-order valence-electron chi connectivity index (χ2n) is 5.10. The van der Waals surface area contributed by atoms with Crippen LogP contribution in [0.3, 0.4) is 0 Å². The summed E-state index contributed by atoms with van der Waals surface area (Å²) in [6.45, 7) is 3.10. The van der Waals surface area contributed by atoms with Crippen LogP contribution in [0.5, 0.6) is 0 Å². The van der Waals surface area contributed by atoms with E-state index >= 15 is 0 Å². The SMILES string of the molecule is Cc1ccc(C(O)(C(N)=O)c2ccccc2)c(C)c1[N+](=O)[O-]. The second kappa shape index (κ2) is 5.57. The molecule has 114 valence electrons. The molecule has 0 aromatic heterocycles. The van der Waals surface area contributed by atoms with Crippen LogP contribution >= 0.6 is 0 Å². The minimum atomic E-state index is -2.12. The quantitative estimate of drug-likeness (QED) is 0.664. The number of benzene rings is 2. The van der Waals surface area contributed by atoms with Crippen molar-refractivity contribution in [1.29, 1.82) is 0 Å². The van der Waals surface area contributed by atoms with Crippen LogP contribution in [-0.2, 0) is 10.4 Å². The van der Waals surface area contributed by atoms with Gasteiger partial charge in [-0.2, -0.15) is 0 Å². The molecule has 0 aliphatic carbocycles. The molecule has 0 spiro atoms. The Morgan fingerprint density at radius 1 is 1.18 bits per heavy atom. The van der Waals surface area contributed by atoms with Crippen LogP contribution < -0.4 is 5.73 Å². The third-order valence-electron chi connectivity index (χ3n) is 3.75. The van der Waals surface area contributed by atoms with Gasteiger partial charge in [0, 0.05) is 16.7 Å². The van der Waals surface area contributed by atoms with Gasteiger partial charge in [0.15, 0.2) is 5.60 Å². The van der Waals surface area contributed by atoms with Crippen molar-refractivity contribution in [1.82, 2.24) is 0 Å². The Bertz CT molecular complexity index is 743. The Morgan fingerprint density at radius 3 is 2.27 bits per heavy atom.